The van der Waals surface area contributed by atoms with Crippen LogP contribution in [0.4, 0.5) is 5.69 Å². The molecule has 1 rings (SSSR count). The molecule has 6 nitrogen and oxygen atoms in total. The molecule has 0 aliphatic heterocycles. The number of halogens is 1. The lowest BCUT2D eigenvalue weighted by atomic mass is 10.3. The third kappa shape index (κ3) is 4.90. The predicted octanol–water partition coefficient (Wildman–Crippen LogP) is 1.65. The highest BCUT2D eigenvalue weighted by molar-refractivity contribution is 9.10. The summed E-state index contributed by atoms with van der Waals surface area (Å²) in [4.78, 5) is 12.0. The van der Waals surface area contributed by atoms with E-state index in [0.29, 0.717) is 16.7 Å². The summed E-state index contributed by atoms with van der Waals surface area (Å²) in [5.74, 6) is 0.154. The molecule has 0 radical (unpaired) electrons. The predicted molar refractivity (Wildman–Crippen MR) is 83.9 cm³/mol. The highest BCUT2D eigenvalue weighted by Gasteiger charge is 2.10. The Labute approximate surface area is 127 Å². The summed E-state index contributed by atoms with van der Waals surface area (Å²) in [6.45, 7) is 4.50. The van der Waals surface area contributed by atoms with Gasteiger partial charge in [-0.05, 0) is 22.4 Å². The van der Waals surface area contributed by atoms with Gasteiger partial charge in [-0.15, -0.1) is 0 Å². The van der Waals surface area contributed by atoms with Crippen LogP contribution in [0.25, 0.3) is 0 Å². The first-order valence-corrected chi connectivity index (χ1v) is 9.22. The molecule has 0 fully saturated rings. The summed E-state index contributed by atoms with van der Waals surface area (Å²) in [5.41, 5.74) is 0.316. The number of aryl methyl sites for hydroxylation is 1. The van der Waals surface area contributed by atoms with Gasteiger partial charge in [-0.2, -0.15) is 5.10 Å². The molecular formula is C12H20BrN3O3S. The van der Waals surface area contributed by atoms with Crippen molar-refractivity contribution in [1.29, 1.82) is 0 Å². The van der Waals surface area contributed by atoms with Crippen LogP contribution < -0.4 is 10.9 Å². The van der Waals surface area contributed by atoms with Gasteiger partial charge < -0.3 is 5.32 Å². The van der Waals surface area contributed by atoms with Gasteiger partial charge in [0.1, 0.15) is 4.47 Å². The van der Waals surface area contributed by atoms with Crippen molar-refractivity contribution in [2.24, 2.45) is 0 Å². The zero-order valence-electron chi connectivity index (χ0n) is 11.7. The van der Waals surface area contributed by atoms with Crippen molar-refractivity contribution in [3.8, 4) is 0 Å². The topological polar surface area (TPSA) is 81.1 Å². The Balaban J connectivity index is 2.73. The zero-order valence-corrected chi connectivity index (χ0v) is 14.1. The Hall–Kier alpha value is -0.890. The fourth-order valence-corrected chi connectivity index (χ4v) is 2.69. The highest BCUT2D eigenvalue weighted by Crippen LogP contribution is 2.15. The highest BCUT2D eigenvalue weighted by atomic mass is 79.9. The average molecular weight is 366 g/mol. The lowest BCUT2D eigenvalue weighted by Gasteiger charge is -2.10. The van der Waals surface area contributed by atoms with E-state index in [1.165, 1.54) is 4.68 Å². The molecule has 0 aliphatic carbocycles. The number of nitrogens with zero attached hydrogens (tertiary/aromatic N) is 2. The molecule has 0 aliphatic rings. The number of hydrogen-bond acceptors (Lipinski definition) is 5. The van der Waals surface area contributed by atoms with E-state index in [2.05, 4.69) is 26.3 Å². The maximum Gasteiger partial charge on any atom is 0.283 e. The quantitative estimate of drug-likeness (QED) is 0.757. The molecule has 0 atom stereocenters. The number of sulfone groups is 1. The molecule has 0 saturated carbocycles. The van der Waals surface area contributed by atoms with Gasteiger partial charge in [0, 0.05) is 18.8 Å². The molecule has 1 heterocycles. The molecule has 0 unspecified atom stereocenters. The van der Waals surface area contributed by atoms with Gasteiger partial charge in [0.25, 0.3) is 5.56 Å². The third-order valence-corrected chi connectivity index (χ3v) is 5.35. The number of hydrogen-bond donors (Lipinski definition) is 1. The minimum Gasteiger partial charge on any atom is -0.382 e. The minimum absolute atomic E-state index is 0.0366. The SMILES string of the molecule is CCCCn1ncc(NCCS(=O)(=O)CC)c(Br)c1=O. The first-order chi connectivity index (χ1) is 9.41. The molecule has 1 N–H and O–H groups in total. The van der Waals surface area contributed by atoms with Crippen molar-refractivity contribution in [3.63, 3.8) is 0 Å². The normalized spacial score (nSPS) is 11.6. The van der Waals surface area contributed by atoms with Crippen molar-refractivity contribution in [1.82, 2.24) is 9.78 Å². The van der Waals surface area contributed by atoms with Crippen LogP contribution in [0.5, 0.6) is 0 Å². The molecule has 8 heteroatoms. The van der Waals surface area contributed by atoms with E-state index in [1.807, 2.05) is 6.92 Å². The number of nitrogens with one attached hydrogen (secondary N) is 1. The summed E-state index contributed by atoms with van der Waals surface area (Å²) in [7, 11) is -3.01. The lowest BCUT2D eigenvalue weighted by Crippen LogP contribution is -2.25. The monoisotopic (exact) mass is 365 g/mol. The molecular weight excluding hydrogens is 346 g/mol. The van der Waals surface area contributed by atoms with Crippen LogP contribution in [-0.2, 0) is 16.4 Å². The van der Waals surface area contributed by atoms with E-state index in [-0.39, 0.29) is 23.6 Å². The van der Waals surface area contributed by atoms with Gasteiger partial charge in [0.2, 0.25) is 0 Å². The van der Waals surface area contributed by atoms with Crippen molar-refractivity contribution in [2.75, 3.05) is 23.4 Å². The molecule has 20 heavy (non-hydrogen) atoms. The zero-order chi connectivity index (χ0) is 15.2. The summed E-state index contributed by atoms with van der Waals surface area (Å²) in [6, 6.07) is 0. The summed E-state index contributed by atoms with van der Waals surface area (Å²) < 4.78 is 24.6. The number of unbranched alkanes of at least 4 members (excludes halogenated alkanes) is 1. The summed E-state index contributed by atoms with van der Waals surface area (Å²) >= 11 is 3.24. The summed E-state index contributed by atoms with van der Waals surface area (Å²) in [6.07, 6.45) is 3.42. The van der Waals surface area contributed by atoms with Crippen LogP contribution in [0, 0.1) is 0 Å². The Kier molecular flexibility index (Phi) is 6.67. The van der Waals surface area contributed by atoms with Crippen molar-refractivity contribution < 1.29 is 8.42 Å². The number of aromatic nitrogens is 2. The Morgan fingerprint density at radius 2 is 2.10 bits per heavy atom. The molecule has 0 aromatic carbocycles. The number of rotatable bonds is 8. The van der Waals surface area contributed by atoms with Gasteiger partial charge in [-0.25, -0.2) is 13.1 Å². The van der Waals surface area contributed by atoms with Gasteiger partial charge in [0.15, 0.2) is 9.84 Å². The largest absolute Gasteiger partial charge is 0.382 e. The van der Waals surface area contributed by atoms with E-state index in [1.54, 1.807) is 13.1 Å². The van der Waals surface area contributed by atoms with Gasteiger partial charge in [-0.3, -0.25) is 4.79 Å². The van der Waals surface area contributed by atoms with E-state index in [4.69, 9.17) is 0 Å². The van der Waals surface area contributed by atoms with E-state index in [0.717, 1.165) is 12.8 Å². The van der Waals surface area contributed by atoms with Gasteiger partial charge in [-0.1, -0.05) is 20.3 Å². The maximum absolute atomic E-state index is 12.0. The fourth-order valence-electron chi connectivity index (χ4n) is 1.54. The van der Waals surface area contributed by atoms with E-state index >= 15 is 0 Å². The van der Waals surface area contributed by atoms with E-state index < -0.39 is 9.84 Å². The molecule has 0 spiro atoms. The van der Waals surface area contributed by atoms with Crippen LogP contribution in [0.1, 0.15) is 26.7 Å². The number of anilines is 1. The molecule has 0 bridgehead atoms. The van der Waals surface area contributed by atoms with Gasteiger partial charge >= 0.3 is 0 Å². The summed E-state index contributed by atoms with van der Waals surface area (Å²) in [5, 5.41) is 7.00. The first-order valence-electron chi connectivity index (χ1n) is 6.61. The van der Waals surface area contributed by atoms with Crippen LogP contribution in [0.2, 0.25) is 0 Å². The van der Waals surface area contributed by atoms with Crippen molar-refractivity contribution in [2.45, 2.75) is 33.2 Å². The van der Waals surface area contributed by atoms with Crippen molar-refractivity contribution in [3.05, 3.63) is 21.0 Å². The van der Waals surface area contributed by atoms with Crippen LogP contribution >= 0.6 is 15.9 Å². The molecule has 0 saturated heterocycles. The second-order valence-electron chi connectivity index (χ2n) is 4.42. The molecule has 114 valence electrons. The van der Waals surface area contributed by atoms with Crippen molar-refractivity contribution >= 4 is 31.5 Å². The third-order valence-electron chi connectivity index (χ3n) is 2.88. The second-order valence-corrected chi connectivity index (χ2v) is 7.68. The standard InChI is InChI=1S/C12H20BrN3O3S/c1-3-5-7-16-12(17)11(13)10(9-15-16)14-6-8-20(18,19)4-2/h9,14H,3-8H2,1-2H3. The molecule has 1 aromatic rings. The first kappa shape index (κ1) is 17.2. The Morgan fingerprint density at radius 3 is 2.70 bits per heavy atom. The molecule has 0 amide bonds. The minimum atomic E-state index is -3.01. The lowest BCUT2D eigenvalue weighted by molar-refractivity contribution is 0.541. The fraction of sp³-hybridized carbons (Fsp3) is 0.667. The van der Waals surface area contributed by atoms with Crippen LogP contribution in [-0.4, -0.2) is 36.2 Å². The molecule has 1 aromatic heterocycles. The van der Waals surface area contributed by atoms with Crippen LogP contribution in [0.15, 0.2) is 15.5 Å². The van der Waals surface area contributed by atoms with E-state index in [9.17, 15) is 13.2 Å². The van der Waals surface area contributed by atoms with Gasteiger partial charge in [0.05, 0.1) is 17.6 Å². The average Bonchev–Trinajstić information content (AvgIpc) is 2.42. The Bertz CT molecular complexity index is 598. The smallest absolute Gasteiger partial charge is 0.283 e. The maximum atomic E-state index is 12.0. The van der Waals surface area contributed by atoms with Crippen LogP contribution in [0.3, 0.4) is 0 Å². The Morgan fingerprint density at radius 1 is 1.40 bits per heavy atom. The second kappa shape index (κ2) is 7.78.